The number of carboxylic acid groups (broad SMARTS) is 1. The summed E-state index contributed by atoms with van der Waals surface area (Å²) in [4.78, 5) is 12.1. The van der Waals surface area contributed by atoms with Crippen molar-refractivity contribution < 1.29 is 18.7 Å². The summed E-state index contributed by atoms with van der Waals surface area (Å²) in [7, 11) is 3.57. The van der Waals surface area contributed by atoms with Crippen molar-refractivity contribution in [2.75, 3.05) is 19.0 Å². The molecule has 0 aliphatic carbocycles. The molecule has 0 amide bonds. The molecule has 0 spiro atoms. The van der Waals surface area contributed by atoms with Gasteiger partial charge in [0, 0.05) is 26.2 Å². The average Bonchev–Trinajstić information content (AvgIpc) is 2.17. The molecule has 0 heterocycles. The predicted molar refractivity (Wildman–Crippen MR) is 57.1 cm³/mol. The van der Waals surface area contributed by atoms with Crippen LogP contribution < -0.4 is 4.90 Å². The van der Waals surface area contributed by atoms with Crippen molar-refractivity contribution in [1.82, 2.24) is 0 Å². The maximum absolute atomic E-state index is 13.0. The number of hydrogen-bond acceptors (Lipinski definition) is 2. The first-order valence-corrected chi connectivity index (χ1v) is 4.70. The van der Waals surface area contributed by atoms with Crippen LogP contribution in [-0.2, 0) is 11.2 Å². The van der Waals surface area contributed by atoms with E-state index in [4.69, 9.17) is 5.11 Å². The highest BCUT2D eigenvalue weighted by atomic mass is 19.3. The molecule has 1 aromatic carbocycles. The normalized spacial score (nSPS) is 11.2. The second kappa shape index (κ2) is 4.47. The molecule has 0 saturated carbocycles. The smallest absolute Gasteiger partial charge is 0.374 e. The molecule has 0 fully saturated rings. The van der Waals surface area contributed by atoms with Crippen LogP contribution in [0.25, 0.3) is 0 Å². The number of rotatable bonds is 4. The first kappa shape index (κ1) is 12.4. The minimum atomic E-state index is -3.72. The molecule has 1 N–H and O–H groups in total. The van der Waals surface area contributed by atoms with Gasteiger partial charge in [-0.25, -0.2) is 4.79 Å². The number of alkyl halides is 2. The molecule has 16 heavy (non-hydrogen) atoms. The Morgan fingerprint density at radius 3 is 2.56 bits per heavy atom. The first-order chi connectivity index (χ1) is 7.33. The van der Waals surface area contributed by atoms with Crippen LogP contribution >= 0.6 is 0 Å². The minimum Gasteiger partial charge on any atom is -0.477 e. The Balaban J connectivity index is 2.90. The highest BCUT2D eigenvalue weighted by molar-refractivity contribution is 5.75. The Morgan fingerprint density at radius 1 is 1.44 bits per heavy atom. The monoisotopic (exact) mass is 229 g/mol. The number of aliphatic carboxylic acids is 1. The minimum absolute atomic E-state index is 0.304. The van der Waals surface area contributed by atoms with Crippen LogP contribution in [0.15, 0.2) is 24.3 Å². The fourth-order valence-corrected chi connectivity index (χ4v) is 1.28. The van der Waals surface area contributed by atoms with Gasteiger partial charge in [0.05, 0.1) is 0 Å². The Labute approximate surface area is 92.3 Å². The van der Waals surface area contributed by atoms with Gasteiger partial charge >= 0.3 is 11.9 Å². The third-order valence-corrected chi connectivity index (χ3v) is 2.17. The second-order valence-electron chi connectivity index (χ2n) is 3.75. The Morgan fingerprint density at radius 2 is 2.06 bits per heavy atom. The van der Waals surface area contributed by atoms with Crippen molar-refractivity contribution in [2.45, 2.75) is 12.3 Å². The molecule has 0 unspecified atom stereocenters. The molecule has 88 valence electrons. The summed E-state index contributed by atoms with van der Waals surface area (Å²) in [6.45, 7) is 0. The van der Waals surface area contributed by atoms with Crippen molar-refractivity contribution >= 4 is 11.7 Å². The number of benzene rings is 1. The van der Waals surface area contributed by atoms with Gasteiger partial charge in [0.2, 0.25) is 0 Å². The van der Waals surface area contributed by atoms with Crippen LogP contribution in [-0.4, -0.2) is 31.1 Å². The second-order valence-corrected chi connectivity index (χ2v) is 3.75. The zero-order chi connectivity index (χ0) is 12.3. The molecule has 0 bridgehead atoms. The van der Waals surface area contributed by atoms with Gasteiger partial charge in [-0.1, -0.05) is 12.1 Å². The standard InChI is InChI=1S/C11H13F2NO2/c1-14(2)9-5-3-4-8(6-9)7-11(12,13)10(15)16/h3-6H,7H2,1-2H3,(H,15,16). The van der Waals surface area contributed by atoms with Crippen LogP contribution in [0.2, 0.25) is 0 Å². The average molecular weight is 229 g/mol. The summed E-state index contributed by atoms with van der Waals surface area (Å²) in [5, 5.41) is 8.32. The van der Waals surface area contributed by atoms with E-state index < -0.39 is 18.3 Å². The van der Waals surface area contributed by atoms with Gasteiger partial charge in [0.15, 0.2) is 0 Å². The quantitative estimate of drug-likeness (QED) is 0.858. The third kappa shape index (κ3) is 2.92. The molecule has 0 aliphatic rings. The van der Waals surface area contributed by atoms with Crippen LogP contribution in [0.3, 0.4) is 0 Å². The lowest BCUT2D eigenvalue weighted by Gasteiger charge is -2.15. The molecule has 0 saturated heterocycles. The molecular formula is C11H13F2NO2. The lowest BCUT2D eigenvalue weighted by atomic mass is 10.1. The number of hydrogen-bond donors (Lipinski definition) is 1. The van der Waals surface area contributed by atoms with Gasteiger partial charge in [-0.15, -0.1) is 0 Å². The van der Waals surface area contributed by atoms with Crippen LogP contribution in [0.5, 0.6) is 0 Å². The Hall–Kier alpha value is -1.65. The highest BCUT2D eigenvalue weighted by Crippen LogP contribution is 2.22. The van der Waals surface area contributed by atoms with E-state index >= 15 is 0 Å². The molecule has 0 atom stereocenters. The molecule has 5 heteroatoms. The maximum Gasteiger partial charge on any atom is 0.374 e. The molecule has 0 radical (unpaired) electrons. The van der Waals surface area contributed by atoms with Crippen LogP contribution in [0.1, 0.15) is 5.56 Å². The highest BCUT2D eigenvalue weighted by Gasteiger charge is 2.38. The van der Waals surface area contributed by atoms with E-state index in [1.807, 2.05) is 0 Å². The fourth-order valence-electron chi connectivity index (χ4n) is 1.28. The van der Waals surface area contributed by atoms with Crippen molar-refractivity contribution in [3.05, 3.63) is 29.8 Å². The summed E-state index contributed by atoms with van der Waals surface area (Å²) in [6.07, 6.45) is -0.788. The molecule has 1 aromatic rings. The van der Waals surface area contributed by atoms with Crippen molar-refractivity contribution in [2.24, 2.45) is 0 Å². The summed E-state index contributed by atoms with van der Waals surface area (Å²) >= 11 is 0. The van der Waals surface area contributed by atoms with E-state index in [2.05, 4.69) is 0 Å². The van der Waals surface area contributed by atoms with Crippen molar-refractivity contribution in [3.63, 3.8) is 0 Å². The number of halogens is 2. The summed E-state index contributed by atoms with van der Waals surface area (Å²) < 4.78 is 25.9. The zero-order valence-corrected chi connectivity index (χ0v) is 9.08. The number of anilines is 1. The van der Waals surface area contributed by atoms with E-state index in [9.17, 15) is 13.6 Å². The zero-order valence-electron chi connectivity index (χ0n) is 9.08. The van der Waals surface area contributed by atoms with E-state index in [1.165, 1.54) is 6.07 Å². The van der Waals surface area contributed by atoms with E-state index in [-0.39, 0.29) is 0 Å². The molecule has 1 rings (SSSR count). The van der Waals surface area contributed by atoms with E-state index in [0.717, 1.165) is 5.69 Å². The topological polar surface area (TPSA) is 40.5 Å². The van der Waals surface area contributed by atoms with Gasteiger partial charge in [0.1, 0.15) is 0 Å². The lowest BCUT2D eigenvalue weighted by Crippen LogP contribution is -2.30. The SMILES string of the molecule is CN(C)c1cccc(CC(F)(F)C(=O)O)c1. The molecular weight excluding hydrogens is 216 g/mol. The summed E-state index contributed by atoms with van der Waals surface area (Å²) in [5.74, 6) is -5.81. The maximum atomic E-state index is 13.0. The summed E-state index contributed by atoms with van der Waals surface area (Å²) in [6, 6.07) is 6.44. The molecule has 0 aromatic heterocycles. The van der Waals surface area contributed by atoms with E-state index in [1.54, 1.807) is 37.2 Å². The predicted octanol–water partition coefficient (Wildman–Crippen LogP) is 2.01. The third-order valence-electron chi connectivity index (χ3n) is 2.17. The molecule has 3 nitrogen and oxygen atoms in total. The first-order valence-electron chi connectivity index (χ1n) is 4.70. The Kier molecular flexibility index (Phi) is 3.47. The number of carbonyl (C=O) groups is 1. The number of carboxylic acids is 1. The van der Waals surface area contributed by atoms with Gasteiger partial charge < -0.3 is 10.0 Å². The van der Waals surface area contributed by atoms with Gasteiger partial charge in [-0.05, 0) is 17.7 Å². The Bertz CT molecular complexity index is 391. The molecule has 0 aliphatic heterocycles. The van der Waals surface area contributed by atoms with Crippen LogP contribution in [0, 0.1) is 0 Å². The summed E-state index contributed by atoms with van der Waals surface area (Å²) in [5.41, 5.74) is 1.07. The largest absolute Gasteiger partial charge is 0.477 e. The van der Waals surface area contributed by atoms with Crippen molar-refractivity contribution in [1.29, 1.82) is 0 Å². The lowest BCUT2D eigenvalue weighted by molar-refractivity contribution is -0.164. The van der Waals surface area contributed by atoms with Gasteiger partial charge in [-0.3, -0.25) is 0 Å². The van der Waals surface area contributed by atoms with Crippen LogP contribution in [0.4, 0.5) is 14.5 Å². The van der Waals surface area contributed by atoms with Crippen molar-refractivity contribution in [3.8, 4) is 0 Å². The fraction of sp³-hybridized carbons (Fsp3) is 0.364. The van der Waals surface area contributed by atoms with E-state index in [0.29, 0.717) is 5.56 Å². The van der Waals surface area contributed by atoms with Gasteiger partial charge in [-0.2, -0.15) is 8.78 Å². The van der Waals surface area contributed by atoms with Gasteiger partial charge in [0.25, 0.3) is 0 Å². The number of nitrogens with zero attached hydrogens (tertiary/aromatic N) is 1.